The summed E-state index contributed by atoms with van der Waals surface area (Å²) in [6.45, 7) is 1.33. The maximum atomic E-state index is 13.1. The minimum atomic E-state index is -0.614. The Bertz CT molecular complexity index is 964. The summed E-state index contributed by atoms with van der Waals surface area (Å²) in [5.74, 6) is 0.705. The minimum Gasteiger partial charge on any atom is -0.488 e. The number of ether oxygens (including phenoxy) is 2. The highest BCUT2D eigenvalue weighted by Gasteiger charge is 2.44. The molecule has 1 heterocycles. The third-order valence-electron chi connectivity index (χ3n) is 6.25. The van der Waals surface area contributed by atoms with Crippen molar-refractivity contribution in [3.63, 3.8) is 0 Å². The number of benzene rings is 2. The number of nitrogens with zero attached hydrogens (tertiary/aromatic N) is 1. The lowest BCUT2D eigenvalue weighted by Gasteiger charge is -2.35. The number of rotatable bonds is 5. The van der Waals surface area contributed by atoms with E-state index in [1.807, 2.05) is 35.4 Å². The van der Waals surface area contributed by atoms with Crippen LogP contribution in [0.4, 0.5) is 0 Å². The molecule has 2 aliphatic rings. The lowest BCUT2D eigenvalue weighted by Crippen LogP contribution is -2.42. The number of amides is 1. The number of hydrogen-bond acceptors (Lipinski definition) is 6. The molecule has 4 atom stereocenters. The van der Waals surface area contributed by atoms with Gasteiger partial charge in [0, 0.05) is 18.0 Å². The topological polar surface area (TPSA) is 76.1 Å². The van der Waals surface area contributed by atoms with E-state index in [0.717, 1.165) is 10.5 Å². The lowest BCUT2D eigenvalue weighted by molar-refractivity contribution is -0.0231. The Morgan fingerprint density at radius 1 is 1.06 bits per heavy atom. The first-order chi connectivity index (χ1) is 15.0. The number of fused-ring (bicyclic) bond motifs is 1. The van der Waals surface area contributed by atoms with E-state index < -0.39 is 12.1 Å². The smallest absolute Gasteiger partial charge is 0.337 e. The van der Waals surface area contributed by atoms with Crippen molar-refractivity contribution in [2.24, 2.45) is 11.8 Å². The molecule has 2 aromatic rings. The second kappa shape index (κ2) is 9.32. The molecule has 1 aliphatic heterocycles. The fourth-order valence-electron chi connectivity index (χ4n) is 4.66. The van der Waals surface area contributed by atoms with Crippen LogP contribution in [0.2, 0.25) is 0 Å². The maximum Gasteiger partial charge on any atom is 0.337 e. The Labute approximate surface area is 186 Å². The second-order valence-electron chi connectivity index (χ2n) is 8.15. The van der Waals surface area contributed by atoms with Crippen LogP contribution in [0.25, 0.3) is 0 Å². The van der Waals surface area contributed by atoms with Gasteiger partial charge in [0.15, 0.2) is 0 Å². The van der Waals surface area contributed by atoms with E-state index in [0.29, 0.717) is 37.2 Å². The van der Waals surface area contributed by atoms with Crippen molar-refractivity contribution >= 4 is 23.6 Å². The van der Waals surface area contributed by atoms with Gasteiger partial charge in [-0.05, 0) is 61.3 Å². The Kier molecular flexibility index (Phi) is 6.53. The van der Waals surface area contributed by atoms with Gasteiger partial charge in [-0.15, -0.1) is 11.8 Å². The van der Waals surface area contributed by atoms with Crippen molar-refractivity contribution in [3.05, 3.63) is 59.7 Å². The van der Waals surface area contributed by atoms with Crippen LogP contribution in [-0.2, 0) is 4.74 Å². The average molecular weight is 442 g/mol. The molecule has 2 fully saturated rings. The molecule has 7 heteroatoms. The van der Waals surface area contributed by atoms with Gasteiger partial charge < -0.3 is 19.5 Å². The molecule has 31 heavy (non-hydrogen) atoms. The van der Waals surface area contributed by atoms with Gasteiger partial charge in [-0.3, -0.25) is 4.79 Å². The van der Waals surface area contributed by atoms with E-state index in [1.165, 1.54) is 7.11 Å². The molecule has 1 aliphatic carbocycles. The summed E-state index contributed by atoms with van der Waals surface area (Å²) in [7, 11) is 1.34. The van der Waals surface area contributed by atoms with Crippen LogP contribution in [0.3, 0.4) is 0 Å². The summed E-state index contributed by atoms with van der Waals surface area (Å²) in [5, 5.41) is 10.7. The molecule has 1 saturated heterocycles. The largest absolute Gasteiger partial charge is 0.488 e. The Morgan fingerprint density at radius 3 is 2.55 bits per heavy atom. The van der Waals surface area contributed by atoms with E-state index in [2.05, 4.69) is 0 Å². The number of methoxy groups -OCH3 is 1. The zero-order valence-corrected chi connectivity index (χ0v) is 18.5. The number of hydrogen-bond donors (Lipinski definition) is 1. The first-order valence-electron chi connectivity index (χ1n) is 10.5. The Morgan fingerprint density at radius 2 is 1.81 bits per heavy atom. The molecule has 0 spiro atoms. The molecular formula is C24H27NO5S. The monoisotopic (exact) mass is 441 g/mol. The fraction of sp³-hybridized carbons (Fsp3) is 0.417. The quantitative estimate of drug-likeness (QED) is 0.566. The zero-order chi connectivity index (χ0) is 22.0. The van der Waals surface area contributed by atoms with Crippen LogP contribution in [0, 0.1) is 11.8 Å². The summed E-state index contributed by atoms with van der Waals surface area (Å²) >= 11 is 1.57. The predicted molar refractivity (Wildman–Crippen MR) is 119 cm³/mol. The highest BCUT2D eigenvalue weighted by atomic mass is 32.2. The zero-order valence-electron chi connectivity index (χ0n) is 17.7. The number of aliphatic hydroxyl groups is 1. The van der Waals surface area contributed by atoms with Crippen molar-refractivity contribution < 1.29 is 24.2 Å². The third-order valence-corrected chi connectivity index (χ3v) is 7.05. The summed E-state index contributed by atoms with van der Waals surface area (Å²) < 4.78 is 10.8. The maximum absolute atomic E-state index is 13.1. The third kappa shape index (κ3) is 4.57. The van der Waals surface area contributed by atoms with Crippen LogP contribution < -0.4 is 4.74 Å². The Hall–Kier alpha value is -2.51. The molecule has 164 valence electrons. The predicted octanol–water partition coefficient (Wildman–Crippen LogP) is 3.49. The normalized spacial score (nSPS) is 25.1. The van der Waals surface area contributed by atoms with E-state index in [1.54, 1.807) is 36.0 Å². The van der Waals surface area contributed by atoms with E-state index in [9.17, 15) is 14.7 Å². The number of carbonyl (C=O) groups is 2. The lowest BCUT2D eigenvalue weighted by atomic mass is 9.78. The van der Waals surface area contributed by atoms with Crippen LogP contribution in [-0.4, -0.2) is 60.5 Å². The standard InChI is InChI=1S/C24H27NO5S/c1-29-24(28)15-6-5-7-18(10-15)30-21-12-17-14-25(13-16(17)11-20(21)26)23(27)19-8-3-4-9-22(19)31-2/h3-10,16-17,20-21,26H,11-14H2,1-2H3/t16-,17+,20+,21+/m0/s1. The molecular weight excluding hydrogens is 414 g/mol. The second-order valence-corrected chi connectivity index (χ2v) is 8.99. The Balaban J connectivity index is 1.44. The van der Waals surface area contributed by atoms with Crippen molar-refractivity contribution in [1.29, 1.82) is 0 Å². The SMILES string of the molecule is COC(=O)c1cccc(O[C@@H]2C[C@@H]3CN(C(=O)c4ccccc4SC)C[C@@H]3C[C@H]2O)c1. The molecule has 1 N–H and O–H groups in total. The fourth-order valence-corrected chi connectivity index (χ4v) is 5.25. The molecule has 1 amide bonds. The molecule has 0 radical (unpaired) electrons. The summed E-state index contributed by atoms with van der Waals surface area (Å²) in [4.78, 5) is 27.8. The first-order valence-corrected chi connectivity index (χ1v) is 11.7. The highest BCUT2D eigenvalue weighted by Crippen LogP contribution is 2.39. The van der Waals surface area contributed by atoms with Gasteiger partial charge in [0.05, 0.1) is 24.3 Å². The van der Waals surface area contributed by atoms with Gasteiger partial charge in [0.2, 0.25) is 0 Å². The van der Waals surface area contributed by atoms with E-state index in [-0.39, 0.29) is 23.8 Å². The van der Waals surface area contributed by atoms with Crippen LogP contribution >= 0.6 is 11.8 Å². The first kappa shape index (κ1) is 21.7. The van der Waals surface area contributed by atoms with E-state index in [4.69, 9.17) is 9.47 Å². The molecule has 2 aromatic carbocycles. The van der Waals surface area contributed by atoms with Gasteiger partial charge in [-0.2, -0.15) is 0 Å². The van der Waals surface area contributed by atoms with Crippen LogP contribution in [0.1, 0.15) is 33.6 Å². The highest BCUT2D eigenvalue weighted by molar-refractivity contribution is 7.98. The van der Waals surface area contributed by atoms with Gasteiger partial charge in [-0.1, -0.05) is 18.2 Å². The summed E-state index contributed by atoms with van der Waals surface area (Å²) in [6.07, 6.45) is 2.25. The van der Waals surface area contributed by atoms with Crippen molar-refractivity contribution in [3.8, 4) is 5.75 Å². The van der Waals surface area contributed by atoms with Gasteiger partial charge in [0.25, 0.3) is 5.91 Å². The minimum absolute atomic E-state index is 0.0529. The van der Waals surface area contributed by atoms with Crippen molar-refractivity contribution in [1.82, 2.24) is 4.90 Å². The van der Waals surface area contributed by atoms with Gasteiger partial charge in [0.1, 0.15) is 11.9 Å². The molecule has 6 nitrogen and oxygen atoms in total. The molecule has 1 saturated carbocycles. The number of thioether (sulfide) groups is 1. The van der Waals surface area contributed by atoms with Gasteiger partial charge in [-0.25, -0.2) is 4.79 Å². The van der Waals surface area contributed by atoms with Crippen molar-refractivity contribution in [2.45, 2.75) is 29.9 Å². The number of aliphatic hydroxyl groups excluding tert-OH is 1. The number of esters is 1. The van der Waals surface area contributed by atoms with Crippen LogP contribution in [0.5, 0.6) is 5.75 Å². The van der Waals surface area contributed by atoms with Crippen LogP contribution in [0.15, 0.2) is 53.4 Å². The summed E-state index contributed by atoms with van der Waals surface area (Å²) in [6, 6.07) is 14.5. The summed E-state index contributed by atoms with van der Waals surface area (Å²) in [5.41, 5.74) is 1.15. The van der Waals surface area contributed by atoms with Gasteiger partial charge >= 0.3 is 5.97 Å². The molecule has 0 bridgehead atoms. The average Bonchev–Trinajstić information content (AvgIpc) is 3.21. The number of carbonyl (C=O) groups excluding carboxylic acids is 2. The molecule has 0 unspecified atom stereocenters. The van der Waals surface area contributed by atoms with E-state index >= 15 is 0 Å². The van der Waals surface area contributed by atoms with Crippen molar-refractivity contribution in [2.75, 3.05) is 26.5 Å². The molecule has 0 aromatic heterocycles. The molecule has 4 rings (SSSR count). The number of likely N-dealkylation sites (tertiary alicyclic amines) is 1.